The third kappa shape index (κ3) is 4.56. The third-order valence-corrected chi connectivity index (χ3v) is 8.07. The molecule has 1 aliphatic heterocycles. The van der Waals surface area contributed by atoms with Crippen LogP contribution < -0.4 is 11.1 Å². The number of primary amides is 1. The lowest BCUT2D eigenvalue weighted by Gasteiger charge is -2.31. The number of nitrogens with one attached hydrogen (secondary N) is 1. The first-order valence-electron chi connectivity index (χ1n) is 10.8. The molecule has 0 saturated carbocycles. The van der Waals surface area contributed by atoms with Gasteiger partial charge in [-0.05, 0) is 29.3 Å². The van der Waals surface area contributed by atoms with Gasteiger partial charge in [-0.15, -0.1) is 11.3 Å². The summed E-state index contributed by atoms with van der Waals surface area (Å²) in [7, 11) is 0. The van der Waals surface area contributed by atoms with E-state index >= 15 is 0 Å². The first-order chi connectivity index (χ1) is 17.1. The van der Waals surface area contributed by atoms with Crippen molar-refractivity contribution in [3.63, 3.8) is 0 Å². The number of halogens is 1. The molecule has 3 N–H and O–H groups in total. The Bertz CT molecular complexity index is 1500. The average molecular weight is 515 g/mol. The van der Waals surface area contributed by atoms with Gasteiger partial charge in [0.15, 0.2) is 0 Å². The number of dihydropyridines is 1. The summed E-state index contributed by atoms with van der Waals surface area (Å²) in [5.41, 5.74) is 10.2. The normalized spacial score (nSPS) is 15.7. The van der Waals surface area contributed by atoms with Gasteiger partial charge in [0, 0.05) is 10.6 Å². The second-order valence-electron chi connectivity index (χ2n) is 7.83. The molecule has 0 fully saturated rings. The summed E-state index contributed by atoms with van der Waals surface area (Å²) in [6.07, 6.45) is 0. The second-order valence-corrected chi connectivity index (χ2v) is 10.3. The smallest absolute Gasteiger partial charge is 0.227 e. The van der Waals surface area contributed by atoms with Crippen LogP contribution in [0.5, 0.6) is 0 Å². The van der Waals surface area contributed by atoms with Crippen LogP contribution in [0, 0.1) is 11.3 Å². The molecule has 0 unspecified atom stereocenters. The van der Waals surface area contributed by atoms with E-state index in [1.807, 2.05) is 78.9 Å². The Labute approximate surface area is 215 Å². The van der Waals surface area contributed by atoms with E-state index in [9.17, 15) is 10.1 Å². The van der Waals surface area contributed by atoms with E-state index in [4.69, 9.17) is 22.3 Å². The summed E-state index contributed by atoms with van der Waals surface area (Å²) in [5.74, 6) is -0.902. The van der Waals surface area contributed by atoms with Crippen molar-refractivity contribution in [2.45, 2.75) is 5.92 Å². The molecule has 0 saturated heterocycles. The second kappa shape index (κ2) is 9.96. The standard InChI is InChI=1S/C27H19ClN4OS2/c28-19-11-5-4-10-17(19)23-18(14-29)26(34-15-22(30)33)32-25(16-8-2-1-3-9-16)24(23)27-31-20-12-6-7-13-21(20)35-27/h1-13,23,32H,15H2,(H2,30,33)/t23-/m0/s1. The van der Waals surface area contributed by atoms with Gasteiger partial charge in [-0.1, -0.05) is 84.0 Å². The van der Waals surface area contributed by atoms with E-state index in [2.05, 4.69) is 11.4 Å². The fourth-order valence-electron chi connectivity index (χ4n) is 4.11. The number of thiazole rings is 1. The van der Waals surface area contributed by atoms with Crippen molar-refractivity contribution in [2.75, 3.05) is 5.75 Å². The van der Waals surface area contributed by atoms with Gasteiger partial charge < -0.3 is 11.1 Å². The molecule has 0 radical (unpaired) electrons. The van der Waals surface area contributed by atoms with Crippen LogP contribution in [0.15, 0.2) is 89.5 Å². The fourth-order valence-corrected chi connectivity index (χ4v) is 6.18. The van der Waals surface area contributed by atoms with E-state index in [0.29, 0.717) is 15.6 Å². The number of thioether (sulfide) groups is 1. The van der Waals surface area contributed by atoms with E-state index < -0.39 is 11.8 Å². The maximum Gasteiger partial charge on any atom is 0.227 e. The summed E-state index contributed by atoms with van der Waals surface area (Å²) >= 11 is 9.50. The number of hydrogen-bond donors (Lipinski definition) is 2. The van der Waals surface area contributed by atoms with Crippen LogP contribution >= 0.6 is 34.7 Å². The van der Waals surface area contributed by atoms with E-state index in [-0.39, 0.29) is 5.75 Å². The summed E-state index contributed by atoms with van der Waals surface area (Å²) in [4.78, 5) is 16.6. The zero-order chi connectivity index (χ0) is 24.4. The molecule has 8 heteroatoms. The van der Waals surface area contributed by atoms with Crippen LogP contribution in [0.25, 0.3) is 21.5 Å². The lowest BCUT2D eigenvalue weighted by molar-refractivity contribution is -0.115. The molecular formula is C27H19ClN4OS2. The molecule has 5 rings (SSSR count). The van der Waals surface area contributed by atoms with E-state index in [0.717, 1.165) is 37.6 Å². The van der Waals surface area contributed by atoms with Crippen molar-refractivity contribution < 1.29 is 4.79 Å². The largest absolute Gasteiger partial charge is 0.369 e. The predicted octanol–water partition coefficient (Wildman–Crippen LogP) is 6.16. The number of nitrogens with two attached hydrogens (primary N) is 1. The molecule has 1 aliphatic rings. The van der Waals surface area contributed by atoms with Gasteiger partial charge in [0.2, 0.25) is 5.91 Å². The average Bonchev–Trinajstić information content (AvgIpc) is 3.31. The minimum Gasteiger partial charge on any atom is -0.369 e. The first-order valence-corrected chi connectivity index (χ1v) is 13.0. The first kappa shape index (κ1) is 23.2. The highest BCUT2D eigenvalue weighted by atomic mass is 35.5. The molecule has 35 heavy (non-hydrogen) atoms. The Kier molecular flexibility index (Phi) is 6.60. The van der Waals surface area contributed by atoms with E-state index in [1.54, 1.807) is 11.3 Å². The van der Waals surface area contributed by atoms with Crippen LogP contribution in [0.4, 0.5) is 0 Å². The zero-order valence-corrected chi connectivity index (χ0v) is 20.8. The van der Waals surface area contributed by atoms with Crippen LogP contribution in [0.1, 0.15) is 22.1 Å². The third-order valence-electron chi connectivity index (χ3n) is 5.61. The van der Waals surface area contributed by atoms with Crippen LogP contribution in [-0.4, -0.2) is 16.6 Å². The van der Waals surface area contributed by atoms with Gasteiger partial charge in [-0.3, -0.25) is 4.79 Å². The number of hydrogen-bond acceptors (Lipinski definition) is 6. The predicted molar refractivity (Wildman–Crippen MR) is 144 cm³/mol. The number of rotatable bonds is 6. The number of benzene rings is 3. The number of amides is 1. The number of aromatic nitrogens is 1. The highest BCUT2D eigenvalue weighted by Gasteiger charge is 2.36. The van der Waals surface area contributed by atoms with Crippen molar-refractivity contribution in [3.8, 4) is 6.07 Å². The molecule has 4 aromatic rings. The summed E-state index contributed by atoms with van der Waals surface area (Å²) in [5, 5.41) is 15.7. The van der Waals surface area contributed by atoms with Crippen LogP contribution in [-0.2, 0) is 4.79 Å². The molecule has 5 nitrogen and oxygen atoms in total. The molecule has 1 aromatic heterocycles. The van der Waals surface area contributed by atoms with Crippen molar-refractivity contribution in [3.05, 3.63) is 111 Å². The van der Waals surface area contributed by atoms with Crippen LogP contribution in [0.3, 0.4) is 0 Å². The summed E-state index contributed by atoms with van der Waals surface area (Å²) in [6.45, 7) is 0. The lowest BCUT2D eigenvalue weighted by atomic mass is 9.81. The molecule has 0 bridgehead atoms. The van der Waals surface area contributed by atoms with E-state index in [1.165, 1.54) is 11.8 Å². The van der Waals surface area contributed by atoms with Crippen LogP contribution in [0.2, 0.25) is 5.02 Å². The molecule has 1 amide bonds. The number of nitrogens with zero attached hydrogens (tertiary/aromatic N) is 2. The van der Waals surface area contributed by atoms with Gasteiger partial charge in [-0.25, -0.2) is 4.98 Å². The highest BCUT2D eigenvalue weighted by Crippen LogP contribution is 2.50. The molecular weight excluding hydrogens is 496 g/mol. The molecule has 3 aromatic carbocycles. The number of carbonyl (C=O) groups excluding carboxylic acids is 1. The van der Waals surface area contributed by atoms with Gasteiger partial charge in [0.1, 0.15) is 5.01 Å². The Morgan fingerprint density at radius 2 is 1.80 bits per heavy atom. The molecule has 0 aliphatic carbocycles. The van der Waals surface area contributed by atoms with Crippen molar-refractivity contribution in [1.29, 1.82) is 5.26 Å². The van der Waals surface area contributed by atoms with Gasteiger partial charge in [-0.2, -0.15) is 5.26 Å². The Hall–Kier alpha value is -3.57. The van der Waals surface area contributed by atoms with Crippen molar-refractivity contribution in [1.82, 2.24) is 10.3 Å². The van der Waals surface area contributed by atoms with Gasteiger partial charge >= 0.3 is 0 Å². The quantitative estimate of drug-likeness (QED) is 0.321. The maximum absolute atomic E-state index is 11.6. The van der Waals surface area contributed by atoms with Gasteiger partial charge in [0.25, 0.3) is 0 Å². The highest BCUT2D eigenvalue weighted by molar-refractivity contribution is 8.03. The lowest BCUT2D eigenvalue weighted by Crippen LogP contribution is -2.25. The number of nitriles is 1. The minimum absolute atomic E-state index is 0.0430. The molecule has 2 heterocycles. The number of carbonyl (C=O) groups is 1. The molecule has 172 valence electrons. The summed E-state index contributed by atoms with van der Waals surface area (Å²) in [6, 6.07) is 27.8. The fraction of sp³-hybridized carbons (Fsp3) is 0.0741. The zero-order valence-electron chi connectivity index (χ0n) is 18.4. The SMILES string of the molecule is N#CC1=C(SCC(N)=O)NC(c2ccccc2)=C(c2nc3ccccc3s2)[C@H]1c1ccccc1Cl. The maximum atomic E-state index is 11.6. The van der Waals surface area contributed by atoms with Gasteiger partial charge in [0.05, 0.1) is 44.3 Å². The number of para-hydroxylation sites is 1. The Morgan fingerprint density at radius 3 is 2.51 bits per heavy atom. The van der Waals surface area contributed by atoms with Crippen molar-refractivity contribution in [2.24, 2.45) is 5.73 Å². The Balaban J connectivity index is 1.82. The molecule has 1 atom stereocenters. The summed E-state index contributed by atoms with van der Waals surface area (Å²) < 4.78 is 1.05. The Morgan fingerprint density at radius 1 is 1.09 bits per heavy atom. The number of fused-ring (bicyclic) bond motifs is 1. The topological polar surface area (TPSA) is 91.8 Å². The van der Waals surface area contributed by atoms with Crippen molar-refractivity contribution >= 4 is 62.1 Å². The monoisotopic (exact) mass is 514 g/mol. The number of allylic oxidation sites excluding steroid dienone is 2. The molecule has 0 spiro atoms. The minimum atomic E-state index is -0.485.